The number of nitrogens with zero attached hydrogens (tertiary/aromatic N) is 1. The van der Waals surface area contributed by atoms with Crippen molar-refractivity contribution in [2.75, 3.05) is 6.61 Å². The van der Waals surface area contributed by atoms with Crippen LogP contribution in [0.15, 0.2) is 15.8 Å². The Balaban J connectivity index is 2.74. The molecule has 15 heavy (non-hydrogen) atoms. The predicted molar refractivity (Wildman–Crippen MR) is 65.1 cm³/mol. The fourth-order valence-electron chi connectivity index (χ4n) is 1.04. The molecule has 0 saturated heterocycles. The molecular weight excluding hydrogens is 311 g/mol. The Labute approximate surface area is 101 Å². The van der Waals surface area contributed by atoms with E-state index in [2.05, 4.69) is 4.98 Å². The van der Waals surface area contributed by atoms with E-state index in [0.717, 1.165) is 0 Å². The Hall–Kier alpha value is -0.630. The van der Waals surface area contributed by atoms with Crippen LogP contribution in [0.1, 0.15) is 13.8 Å². The normalized spacial score (nSPS) is 10.9. The molecule has 0 spiro atoms. The summed E-state index contributed by atoms with van der Waals surface area (Å²) in [4.78, 5) is 24.6. The van der Waals surface area contributed by atoms with Gasteiger partial charge in [-0.15, -0.1) is 0 Å². The van der Waals surface area contributed by atoms with Crippen LogP contribution in [0.3, 0.4) is 0 Å². The first-order chi connectivity index (χ1) is 7.00. The van der Waals surface area contributed by atoms with Gasteiger partial charge in [-0.1, -0.05) is 0 Å². The molecular formula is C9H13IN2O3. The van der Waals surface area contributed by atoms with Crippen molar-refractivity contribution >= 4 is 22.6 Å². The lowest BCUT2D eigenvalue weighted by atomic mass is 10.5. The van der Waals surface area contributed by atoms with Gasteiger partial charge in [0, 0.05) is 6.20 Å². The quantitative estimate of drug-likeness (QED) is 0.824. The standard InChI is InChI=1S/C9H13IN2O3/c1-6(2)15-4-3-12-5-7(10)8(13)11-9(12)14/h5-6H,3-4H2,1-2H3,(H,11,13,14). The van der Waals surface area contributed by atoms with Crippen LogP contribution in [-0.2, 0) is 11.3 Å². The number of aromatic nitrogens is 2. The number of ether oxygens (including phenoxy) is 1. The van der Waals surface area contributed by atoms with E-state index < -0.39 is 5.69 Å². The molecule has 0 saturated carbocycles. The fourth-order valence-corrected chi connectivity index (χ4v) is 1.51. The molecule has 1 aromatic rings. The number of H-pyrrole nitrogens is 1. The molecule has 0 aliphatic heterocycles. The molecule has 0 fully saturated rings. The number of hydrogen-bond acceptors (Lipinski definition) is 3. The Bertz CT molecular complexity index is 436. The van der Waals surface area contributed by atoms with Crippen molar-refractivity contribution in [3.05, 3.63) is 30.6 Å². The van der Waals surface area contributed by atoms with E-state index >= 15 is 0 Å². The molecule has 6 heteroatoms. The number of hydrogen-bond donors (Lipinski definition) is 1. The largest absolute Gasteiger partial charge is 0.377 e. The van der Waals surface area contributed by atoms with Crippen LogP contribution in [0.2, 0.25) is 0 Å². The molecule has 0 aliphatic carbocycles. The molecule has 5 nitrogen and oxygen atoms in total. The smallest absolute Gasteiger partial charge is 0.328 e. The Kier molecular flexibility index (Phi) is 4.52. The maximum Gasteiger partial charge on any atom is 0.328 e. The van der Waals surface area contributed by atoms with E-state index in [9.17, 15) is 9.59 Å². The highest BCUT2D eigenvalue weighted by atomic mass is 127. The molecule has 1 heterocycles. The first kappa shape index (κ1) is 12.4. The minimum atomic E-state index is -0.396. The molecule has 0 aromatic carbocycles. The predicted octanol–water partition coefficient (Wildman–Crippen LogP) is 0.566. The molecule has 0 atom stereocenters. The van der Waals surface area contributed by atoms with Gasteiger partial charge in [0.05, 0.1) is 22.8 Å². The van der Waals surface area contributed by atoms with E-state index in [-0.39, 0.29) is 11.7 Å². The highest BCUT2D eigenvalue weighted by Gasteiger charge is 2.01. The van der Waals surface area contributed by atoms with Crippen LogP contribution in [0, 0.1) is 3.57 Å². The third kappa shape index (κ3) is 3.78. The van der Waals surface area contributed by atoms with Gasteiger partial charge in [-0.3, -0.25) is 14.3 Å². The summed E-state index contributed by atoms with van der Waals surface area (Å²) >= 11 is 1.89. The third-order valence-electron chi connectivity index (χ3n) is 1.75. The van der Waals surface area contributed by atoms with Crippen molar-refractivity contribution in [3.63, 3.8) is 0 Å². The summed E-state index contributed by atoms with van der Waals surface area (Å²) < 4.78 is 7.25. The number of nitrogens with one attached hydrogen (secondary N) is 1. The first-order valence-electron chi connectivity index (χ1n) is 4.61. The molecule has 0 unspecified atom stereocenters. The second-order valence-corrected chi connectivity index (χ2v) is 4.51. The Morgan fingerprint density at radius 3 is 2.80 bits per heavy atom. The van der Waals surface area contributed by atoms with Crippen LogP contribution in [0.25, 0.3) is 0 Å². The maximum atomic E-state index is 11.3. The molecule has 1 N–H and O–H groups in total. The van der Waals surface area contributed by atoms with Crippen LogP contribution in [0.4, 0.5) is 0 Å². The van der Waals surface area contributed by atoms with Gasteiger partial charge in [-0.05, 0) is 36.4 Å². The zero-order valence-electron chi connectivity index (χ0n) is 8.62. The van der Waals surface area contributed by atoms with Crippen molar-refractivity contribution < 1.29 is 4.74 Å². The van der Waals surface area contributed by atoms with Crippen LogP contribution < -0.4 is 11.2 Å². The number of rotatable bonds is 4. The van der Waals surface area contributed by atoms with E-state index in [4.69, 9.17) is 4.74 Å². The molecule has 1 rings (SSSR count). The average Bonchev–Trinajstić information content (AvgIpc) is 2.13. The zero-order valence-corrected chi connectivity index (χ0v) is 10.8. The van der Waals surface area contributed by atoms with E-state index in [1.807, 2.05) is 36.4 Å². The molecule has 0 bridgehead atoms. The van der Waals surface area contributed by atoms with Gasteiger partial charge < -0.3 is 4.74 Å². The van der Waals surface area contributed by atoms with Crippen molar-refractivity contribution in [2.45, 2.75) is 26.5 Å². The van der Waals surface area contributed by atoms with E-state index in [1.54, 1.807) is 0 Å². The van der Waals surface area contributed by atoms with Gasteiger partial charge in [-0.2, -0.15) is 0 Å². The van der Waals surface area contributed by atoms with Crippen molar-refractivity contribution in [2.24, 2.45) is 0 Å². The highest BCUT2D eigenvalue weighted by Crippen LogP contribution is 1.93. The lowest BCUT2D eigenvalue weighted by Gasteiger charge is -2.08. The van der Waals surface area contributed by atoms with Crippen LogP contribution >= 0.6 is 22.6 Å². The minimum absolute atomic E-state index is 0.141. The lowest BCUT2D eigenvalue weighted by molar-refractivity contribution is 0.0720. The topological polar surface area (TPSA) is 64.1 Å². The molecule has 84 valence electrons. The minimum Gasteiger partial charge on any atom is -0.377 e. The summed E-state index contributed by atoms with van der Waals surface area (Å²) in [5.74, 6) is 0. The van der Waals surface area contributed by atoms with Gasteiger partial charge in [0.1, 0.15) is 0 Å². The zero-order chi connectivity index (χ0) is 11.4. The SMILES string of the molecule is CC(C)OCCn1cc(I)c(=O)[nH]c1=O. The number of aromatic amines is 1. The average molecular weight is 324 g/mol. The summed E-state index contributed by atoms with van der Waals surface area (Å²) in [6, 6.07) is 0. The third-order valence-corrected chi connectivity index (χ3v) is 2.52. The van der Waals surface area contributed by atoms with Crippen LogP contribution in [-0.4, -0.2) is 22.3 Å². The highest BCUT2D eigenvalue weighted by molar-refractivity contribution is 14.1. The van der Waals surface area contributed by atoms with E-state index in [1.165, 1.54) is 10.8 Å². The molecule has 0 aliphatic rings. The molecule has 0 amide bonds. The van der Waals surface area contributed by atoms with Gasteiger partial charge in [0.25, 0.3) is 5.56 Å². The van der Waals surface area contributed by atoms with Gasteiger partial charge in [0.2, 0.25) is 0 Å². The van der Waals surface area contributed by atoms with E-state index in [0.29, 0.717) is 16.7 Å². The van der Waals surface area contributed by atoms with Crippen molar-refractivity contribution in [1.82, 2.24) is 9.55 Å². The van der Waals surface area contributed by atoms with Crippen LogP contribution in [0.5, 0.6) is 0 Å². The molecule has 1 aromatic heterocycles. The summed E-state index contributed by atoms with van der Waals surface area (Å²) in [5, 5.41) is 0. The van der Waals surface area contributed by atoms with Crippen molar-refractivity contribution in [1.29, 1.82) is 0 Å². The Morgan fingerprint density at radius 2 is 2.20 bits per heavy atom. The summed E-state index contributed by atoms with van der Waals surface area (Å²) in [5.41, 5.74) is -0.741. The van der Waals surface area contributed by atoms with Gasteiger partial charge in [0.15, 0.2) is 0 Å². The maximum absolute atomic E-state index is 11.3. The number of halogens is 1. The Morgan fingerprint density at radius 1 is 1.53 bits per heavy atom. The fraction of sp³-hybridized carbons (Fsp3) is 0.556. The molecule has 0 radical (unpaired) electrons. The second kappa shape index (κ2) is 5.45. The summed E-state index contributed by atoms with van der Waals surface area (Å²) in [7, 11) is 0. The summed E-state index contributed by atoms with van der Waals surface area (Å²) in [6.45, 7) is 4.77. The van der Waals surface area contributed by atoms with Gasteiger partial charge >= 0.3 is 5.69 Å². The monoisotopic (exact) mass is 324 g/mol. The first-order valence-corrected chi connectivity index (χ1v) is 5.69. The van der Waals surface area contributed by atoms with Crippen molar-refractivity contribution in [3.8, 4) is 0 Å². The summed E-state index contributed by atoms with van der Waals surface area (Å²) in [6.07, 6.45) is 1.67. The van der Waals surface area contributed by atoms with Gasteiger partial charge in [-0.25, -0.2) is 4.79 Å². The lowest BCUT2D eigenvalue weighted by Crippen LogP contribution is -2.32. The second-order valence-electron chi connectivity index (χ2n) is 3.35.